The molecule has 5 nitrogen and oxygen atoms in total. The Morgan fingerprint density at radius 1 is 1.00 bits per heavy atom. The third-order valence-electron chi connectivity index (χ3n) is 2.97. The summed E-state index contributed by atoms with van der Waals surface area (Å²) in [6, 6.07) is 0. The van der Waals surface area contributed by atoms with Gasteiger partial charge in [-0.2, -0.15) is 0 Å². The average Bonchev–Trinajstić information content (AvgIpc) is 2.57. The van der Waals surface area contributed by atoms with Crippen molar-refractivity contribution in [2.45, 2.75) is 58.8 Å². The average molecular weight is 318 g/mol. The molecule has 132 valence electrons. The van der Waals surface area contributed by atoms with Crippen LogP contribution in [0.1, 0.15) is 58.8 Å². The smallest absolute Gasteiger partial charge is 0.120 e. The van der Waals surface area contributed by atoms with E-state index in [1.54, 1.807) is 7.11 Å². The first-order valence-corrected chi connectivity index (χ1v) is 7.99. The van der Waals surface area contributed by atoms with Crippen molar-refractivity contribution < 1.29 is 23.9 Å². The molecule has 0 fully saturated rings. The molecule has 5 heteroatoms. The second-order valence-electron chi connectivity index (χ2n) is 4.75. The lowest BCUT2D eigenvalue weighted by molar-refractivity contribution is -0.109. The number of carbonyl (C=O) groups excluding carboxylic acids is 3. The number of unbranched alkanes of at least 4 members (excludes halogenated alkanes) is 3. The predicted octanol–water partition coefficient (Wildman–Crippen LogP) is 3.24. The van der Waals surface area contributed by atoms with Gasteiger partial charge in [-0.1, -0.05) is 33.1 Å². The van der Waals surface area contributed by atoms with Crippen LogP contribution < -0.4 is 0 Å². The highest BCUT2D eigenvalue weighted by atomic mass is 16.5. The molecule has 1 atom stereocenters. The van der Waals surface area contributed by atoms with Crippen LogP contribution in [0.2, 0.25) is 0 Å². The Morgan fingerprint density at radius 3 is 2.00 bits per heavy atom. The van der Waals surface area contributed by atoms with E-state index in [9.17, 15) is 9.59 Å². The van der Waals surface area contributed by atoms with Gasteiger partial charge in [-0.15, -0.1) is 0 Å². The van der Waals surface area contributed by atoms with Crippen molar-refractivity contribution in [2.75, 3.05) is 26.9 Å². The van der Waals surface area contributed by atoms with Gasteiger partial charge >= 0.3 is 0 Å². The van der Waals surface area contributed by atoms with Crippen molar-refractivity contribution >= 4 is 19.4 Å². The molecule has 0 aromatic rings. The van der Waals surface area contributed by atoms with E-state index in [-0.39, 0.29) is 0 Å². The minimum absolute atomic E-state index is 0.513. The van der Waals surface area contributed by atoms with Crippen molar-refractivity contribution in [3.8, 4) is 0 Å². The van der Waals surface area contributed by atoms with Gasteiger partial charge in [0.1, 0.15) is 19.4 Å². The molecular weight excluding hydrogens is 284 g/mol. The molecule has 0 aromatic heterocycles. The molecule has 22 heavy (non-hydrogen) atoms. The number of hydrogen-bond acceptors (Lipinski definition) is 5. The lowest BCUT2D eigenvalue weighted by Gasteiger charge is -2.14. The number of ether oxygens (including phenoxy) is 2. The van der Waals surface area contributed by atoms with Gasteiger partial charge in [0.25, 0.3) is 0 Å². The van der Waals surface area contributed by atoms with Gasteiger partial charge in [-0.3, -0.25) is 0 Å². The maximum atomic E-state index is 9.56. The summed E-state index contributed by atoms with van der Waals surface area (Å²) in [6.45, 7) is 8.82. The van der Waals surface area contributed by atoms with Crippen LogP contribution in [-0.4, -0.2) is 46.3 Å². The van der Waals surface area contributed by atoms with Crippen LogP contribution in [0, 0.1) is 5.92 Å². The van der Waals surface area contributed by atoms with Crippen molar-refractivity contribution in [1.29, 1.82) is 0 Å². The van der Waals surface area contributed by atoms with Crippen molar-refractivity contribution in [3.05, 3.63) is 0 Å². The Hall–Kier alpha value is -1.07. The Bertz CT molecular complexity index is 201. The van der Waals surface area contributed by atoms with Crippen LogP contribution in [0.5, 0.6) is 0 Å². The summed E-state index contributed by atoms with van der Waals surface area (Å²) in [4.78, 5) is 27.1. The zero-order valence-electron chi connectivity index (χ0n) is 14.6. The van der Waals surface area contributed by atoms with E-state index in [4.69, 9.17) is 14.3 Å². The maximum absolute atomic E-state index is 9.56. The van der Waals surface area contributed by atoms with Gasteiger partial charge in [-0.05, 0) is 18.8 Å². The minimum Gasteiger partial charge on any atom is -0.382 e. The zero-order valence-corrected chi connectivity index (χ0v) is 14.6. The summed E-state index contributed by atoms with van der Waals surface area (Å²) in [5.41, 5.74) is 0. The molecule has 0 aliphatic heterocycles. The molecule has 0 saturated carbocycles. The molecule has 1 unspecified atom stereocenters. The monoisotopic (exact) mass is 318 g/mol. The van der Waals surface area contributed by atoms with Gasteiger partial charge in [0.15, 0.2) is 0 Å². The van der Waals surface area contributed by atoms with Crippen molar-refractivity contribution in [3.63, 3.8) is 0 Å². The third kappa shape index (κ3) is 27.3. The molecule has 0 rings (SSSR count). The first kappa shape index (κ1) is 25.9. The Labute approximate surface area is 135 Å². The molecule has 0 aliphatic rings. The lowest BCUT2D eigenvalue weighted by Crippen LogP contribution is -2.11. The molecule has 0 aromatic carbocycles. The van der Waals surface area contributed by atoms with E-state index in [0.717, 1.165) is 31.7 Å². The third-order valence-corrected chi connectivity index (χ3v) is 2.97. The molecule has 0 spiro atoms. The van der Waals surface area contributed by atoms with Crippen LogP contribution in [0.4, 0.5) is 0 Å². The van der Waals surface area contributed by atoms with Crippen LogP contribution in [0.15, 0.2) is 0 Å². The Balaban J connectivity index is -0.000000339. The van der Waals surface area contributed by atoms with Gasteiger partial charge < -0.3 is 23.9 Å². The maximum Gasteiger partial charge on any atom is 0.120 e. The second kappa shape index (κ2) is 28.1. The molecule has 0 saturated heterocycles. The van der Waals surface area contributed by atoms with E-state index in [2.05, 4.69) is 13.8 Å². The van der Waals surface area contributed by atoms with Gasteiger partial charge in [0.2, 0.25) is 0 Å². The summed E-state index contributed by atoms with van der Waals surface area (Å²) in [5.74, 6) is 0.747. The summed E-state index contributed by atoms with van der Waals surface area (Å²) < 4.78 is 10.4. The summed E-state index contributed by atoms with van der Waals surface area (Å²) >= 11 is 0. The molecule has 0 heterocycles. The van der Waals surface area contributed by atoms with Crippen LogP contribution in [0.25, 0.3) is 0 Å². The summed E-state index contributed by atoms with van der Waals surface area (Å²) in [7, 11) is 1.71. The molecule has 0 aliphatic carbocycles. The largest absolute Gasteiger partial charge is 0.382 e. The van der Waals surface area contributed by atoms with Gasteiger partial charge in [0.05, 0.1) is 13.2 Å². The molecule has 0 bridgehead atoms. The molecule has 0 N–H and O–H groups in total. The molecule has 0 amide bonds. The Kier molecular flexibility index (Phi) is 33.1. The summed E-state index contributed by atoms with van der Waals surface area (Å²) in [6.07, 6.45) is 8.52. The molecule has 0 radical (unpaired) electrons. The number of carbonyl (C=O) groups is 3. The predicted molar refractivity (Wildman–Crippen MR) is 89.1 cm³/mol. The van der Waals surface area contributed by atoms with Crippen LogP contribution in [0.3, 0.4) is 0 Å². The zero-order chi connectivity index (χ0) is 17.5. The SMILES string of the molecule is C=O.CCCCC(CC)COCCOC.O=CCCCC=O. The van der Waals surface area contributed by atoms with Crippen molar-refractivity contribution in [2.24, 2.45) is 5.92 Å². The number of hydrogen-bond donors (Lipinski definition) is 0. The minimum atomic E-state index is 0.513. The fraction of sp³-hybridized carbons (Fsp3) is 0.824. The van der Waals surface area contributed by atoms with E-state index in [1.165, 1.54) is 25.7 Å². The van der Waals surface area contributed by atoms with Crippen LogP contribution >= 0.6 is 0 Å². The number of rotatable bonds is 13. The van der Waals surface area contributed by atoms with Gasteiger partial charge in [0, 0.05) is 26.6 Å². The standard InChI is InChI=1S/C11H24O2.C5H8O2.CH2O/c1-4-6-7-11(5-2)10-13-9-8-12-3;6-4-2-1-3-5-7;1-2/h11H,4-10H2,1-3H3;4-5H,1-3H2;1H2. The lowest BCUT2D eigenvalue weighted by atomic mass is 10.0. The highest BCUT2D eigenvalue weighted by Gasteiger charge is 2.04. The van der Waals surface area contributed by atoms with E-state index in [1.807, 2.05) is 6.79 Å². The highest BCUT2D eigenvalue weighted by Crippen LogP contribution is 2.12. The van der Waals surface area contributed by atoms with E-state index in [0.29, 0.717) is 25.9 Å². The quantitative estimate of drug-likeness (QED) is 0.385. The first-order valence-electron chi connectivity index (χ1n) is 7.99. The first-order chi connectivity index (χ1) is 10.8. The van der Waals surface area contributed by atoms with Crippen molar-refractivity contribution in [1.82, 2.24) is 0 Å². The highest BCUT2D eigenvalue weighted by molar-refractivity contribution is 5.52. The fourth-order valence-electron chi connectivity index (χ4n) is 1.57. The Morgan fingerprint density at radius 2 is 1.59 bits per heavy atom. The topological polar surface area (TPSA) is 69.7 Å². The summed E-state index contributed by atoms with van der Waals surface area (Å²) in [5, 5.41) is 0. The fourth-order valence-corrected chi connectivity index (χ4v) is 1.57. The van der Waals surface area contributed by atoms with E-state index >= 15 is 0 Å². The van der Waals surface area contributed by atoms with Crippen LogP contribution in [-0.2, 0) is 23.9 Å². The number of aldehydes is 2. The number of methoxy groups -OCH3 is 1. The molecular formula is C17H34O5. The van der Waals surface area contributed by atoms with Gasteiger partial charge in [-0.25, -0.2) is 0 Å². The second-order valence-corrected chi connectivity index (χ2v) is 4.75. The normalized spacial score (nSPS) is 10.5. The van der Waals surface area contributed by atoms with E-state index < -0.39 is 0 Å².